The molecular weight excluding hydrogens is 483 g/mol. The average molecular weight is 526 g/mol. The molecular formula is C29H42Cl2O4. The molecule has 3 rings (SSSR count). The molecule has 196 valence electrons. The predicted octanol–water partition coefficient (Wildman–Crippen LogP) is 7.44. The minimum atomic E-state index is -0.390. The highest BCUT2D eigenvalue weighted by atomic mass is 35.5. The lowest BCUT2D eigenvalue weighted by Gasteiger charge is -2.38. The molecule has 0 unspecified atom stereocenters. The van der Waals surface area contributed by atoms with Gasteiger partial charge in [0, 0.05) is 43.9 Å². The summed E-state index contributed by atoms with van der Waals surface area (Å²) in [7, 11) is 6.96. The number of benzene rings is 2. The number of hydrogen-bond acceptors (Lipinski definition) is 4. The topological polar surface area (TPSA) is 36.9 Å². The third kappa shape index (κ3) is 8.45. The minimum Gasteiger partial charge on any atom is -0.384 e. The lowest BCUT2D eigenvalue weighted by molar-refractivity contribution is -0.0279. The normalized spacial score (nSPS) is 14.9. The molecule has 2 aromatic carbocycles. The van der Waals surface area contributed by atoms with Crippen LogP contribution < -0.4 is 0 Å². The monoisotopic (exact) mass is 524 g/mol. The van der Waals surface area contributed by atoms with Crippen molar-refractivity contribution in [2.45, 2.75) is 44.4 Å². The van der Waals surface area contributed by atoms with Crippen molar-refractivity contribution < 1.29 is 18.9 Å². The van der Waals surface area contributed by atoms with Crippen molar-refractivity contribution >= 4 is 23.2 Å². The number of ether oxygens (including phenoxy) is 4. The fraction of sp³-hybridized carbons (Fsp3) is 0.586. The maximum absolute atomic E-state index is 6.00. The molecule has 0 N–H and O–H groups in total. The van der Waals surface area contributed by atoms with E-state index in [2.05, 4.69) is 6.92 Å². The van der Waals surface area contributed by atoms with Crippen molar-refractivity contribution in [3.05, 3.63) is 69.7 Å². The zero-order valence-electron chi connectivity index (χ0n) is 21.9. The number of methoxy groups -OCH3 is 4. The standard InChI is InChI=1S/C17H18Cl2O2.C12H24O2/c1-20-11-17(12-21-2,13-3-7-15(18)8-4-13)14-5-9-16(19)10-6-14;1-12(9-13-2,10-14-3)11-7-5-4-6-8-11/h3-10H,11-12H2,1-2H3;11H,4-10H2,1-3H3. The van der Waals surface area contributed by atoms with Gasteiger partial charge >= 0.3 is 0 Å². The molecule has 4 nitrogen and oxygen atoms in total. The highest BCUT2D eigenvalue weighted by Gasteiger charge is 2.36. The Bertz CT molecular complexity index is 773. The van der Waals surface area contributed by atoms with Crippen LogP contribution in [0.15, 0.2) is 48.5 Å². The Labute approximate surface area is 222 Å². The molecule has 0 aliphatic heterocycles. The molecule has 0 atom stereocenters. The van der Waals surface area contributed by atoms with Crippen LogP contribution in [-0.4, -0.2) is 54.9 Å². The van der Waals surface area contributed by atoms with Crippen LogP contribution >= 0.6 is 23.2 Å². The molecule has 0 heterocycles. The SMILES string of the molecule is COCC(C)(COC)C1CCCCC1.COCC(COC)(c1ccc(Cl)cc1)c1ccc(Cl)cc1. The van der Waals surface area contributed by atoms with Crippen LogP contribution in [0.3, 0.4) is 0 Å². The first-order valence-electron chi connectivity index (χ1n) is 12.3. The van der Waals surface area contributed by atoms with E-state index >= 15 is 0 Å². The van der Waals surface area contributed by atoms with E-state index in [1.165, 1.54) is 32.1 Å². The molecule has 1 aliphatic rings. The van der Waals surface area contributed by atoms with Crippen molar-refractivity contribution in [3.8, 4) is 0 Å². The number of rotatable bonds is 11. The van der Waals surface area contributed by atoms with Gasteiger partial charge in [-0.1, -0.05) is 73.7 Å². The maximum Gasteiger partial charge on any atom is 0.0669 e. The second kappa shape index (κ2) is 15.2. The Morgan fingerprint density at radius 1 is 0.629 bits per heavy atom. The summed E-state index contributed by atoms with van der Waals surface area (Å²) in [5.74, 6) is 0.788. The summed E-state index contributed by atoms with van der Waals surface area (Å²) in [5.41, 5.74) is 2.03. The molecule has 6 heteroatoms. The van der Waals surface area contributed by atoms with Crippen molar-refractivity contribution in [2.24, 2.45) is 11.3 Å². The molecule has 0 amide bonds. The Kier molecular flexibility index (Phi) is 13.1. The average Bonchev–Trinajstić information content (AvgIpc) is 2.86. The van der Waals surface area contributed by atoms with Crippen molar-refractivity contribution in [3.63, 3.8) is 0 Å². The van der Waals surface area contributed by atoms with E-state index in [9.17, 15) is 0 Å². The van der Waals surface area contributed by atoms with E-state index in [4.69, 9.17) is 42.1 Å². The van der Waals surface area contributed by atoms with E-state index in [-0.39, 0.29) is 5.41 Å². The second-order valence-electron chi connectivity index (χ2n) is 9.82. The smallest absolute Gasteiger partial charge is 0.0669 e. The van der Waals surface area contributed by atoms with Crippen LogP contribution in [0.5, 0.6) is 0 Å². The van der Waals surface area contributed by atoms with Crippen LogP contribution in [-0.2, 0) is 24.4 Å². The van der Waals surface area contributed by atoms with E-state index in [1.807, 2.05) is 48.5 Å². The lowest BCUT2D eigenvalue weighted by atomic mass is 9.71. The summed E-state index contributed by atoms with van der Waals surface area (Å²) < 4.78 is 21.6. The van der Waals surface area contributed by atoms with Gasteiger partial charge in [-0.2, -0.15) is 0 Å². The molecule has 2 aromatic rings. The third-order valence-electron chi connectivity index (χ3n) is 7.11. The molecule has 1 aliphatic carbocycles. The molecule has 0 radical (unpaired) electrons. The highest BCUT2D eigenvalue weighted by molar-refractivity contribution is 6.30. The van der Waals surface area contributed by atoms with Crippen LogP contribution in [0, 0.1) is 11.3 Å². The van der Waals surface area contributed by atoms with Crippen molar-refractivity contribution in [2.75, 3.05) is 54.9 Å². The molecule has 1 fully saturated rings. The van der Waals surface area contributed by atoms with Gasteiger partial charge in [-0.15, -0.1) is 0 Å². The summed E-state index contributed by atoms with van der Waals surface area (Å²) in [6.07, 6.45) is 6.88. The maximum atomic E-state index is 6.00. The summed E-state index contributed by atoms with van der Waals surface area (Å²) in [6, 6.07) is 15.6. The van der Waals surface area contributed by atoms with E-state index in [0.29, 0.717) is 23.3 Å². The van der Waals surface area contributed by atoms with Crippen LogP contribution in [0.2, 0.25) is 10.0 Å². The zero-order valence-corrected chi connectivity index (χ0v) is 23.5. The Morgan fingerprint density at radius 2 is 1.00 bits per heavy atom. The van der Waals surface area contributed by atoms with Crippen molar-refractivity contribution in [1.82, 2.24) is 0 Å². The first kappa shape index (κ1) is 30.1. The van der Waals surface area contributed by atoms with Crippen LogP contribution in [0.25, 0.3) is 0 Å². The van der Waals surface area contributed by atoms with E-state index < -0.39 is 5.41 Å². The van der Waals surface area contributed by atoms with Gasteiger partial charge in [0.15, 0.2) is 0 Å². The molecule has 0 bridgehead atoms. The van der Waals surface area contributed by atoms with Crippen molar-refractivity contribution in [1.29, 1.82) is 0 Å². The largest absolute Gasteiger partial charge is 0.384 e. The second-order valence-corrected chi connectivity index (χ2v) is 10.7. The lowest BCUT2D eigenvalue weighted by Crippen LogP contribution is -2.37. The van der Waals surface area contributed by atoms with Crippen LogP contribution in [0.1, 0.15) is 50.2 Å². The van der Waals surface area contributed by atoms with Gasteiger partial charge in [-0.3, -0.25) is 0 Å². The quantitative estimate of drug-likeness (QED) is 0.306. The van der Waals surface area contributed by atoms with E-state index in [0.717, 1.165) is 30.3 Å². The Morgan fingerprint density at radius 3 is 1.34 bits per heavy atom. The summed E-state index contributed by atoms with van der Waals surface area (Å²) in [4.78, 5) is 0. The summed E-state index contributed by atoms with van der Waals surface area (Å²) in [5, 5.41) is 1.41. The molecule has 0 spiro atoms. The number of halogens is 2. The van der Waals surface area contributed by atoms with Crippen LogP contribution in [0.4, 0.5) is 0 Å². The van der Waals surface area contributed by atoms with Gasteiger partial charge < -0.3 is 18.9 Å². The van der Waals surface area contributed by atoms with Gasteiger partial charge in [0.25, 0.3) is 0 Å². The van der Waals surface area contributed by atoms with Gasteiger partial charge in [-0.05, 0) is 54.2 Å². The van der Waals surface area contributed by atoms with Gasteiger partial charge in [0.05, 0.1) is 31.8 Å². The summed E-state index contributed by atoms with van der Waals surface area (Å²) >= 11 is 12.0. The van der Waals surface area contributed by atoms with E-state index in [1.54, 1.807) is 28.4 Å². The minimum absolute atomic E-state index is 0.226. The molecule has 1 saturated carbocycles. The first-order chi connectivity index (χ1) is 16.8. The predicted molar refractivity (Wildman–Crippen MR) is 146 cm³/mol. The van der Waals surface area contributed by atoms with Gasteiger partial charge in [-0.25, -0.2) is 0 Å². The Balaban J connectivity index is 0.000000269. The molecule has 0 saturated heterocycles. The van der Waals surface area contributed by atoms with Gasteiger partial charge in [0.2, 0.25) is 0 Å². The molecule has 35 heavy (non-hydrogen) atoms. The first-order valence-corrected chi connectivity index (χ1v) is 13.1. The fourth-order valence-electron chi connectivity index (χ4n) is 5.31. The zero-order chi connectivity index (χ0) is 25.7. The fourth-order valence-corrected chi connectivity index (χ4v) is 5.56. The molecule has 0 aromatic heterocycles. The summed E-state index contributed by atoms with van der Waals surface area (Å²) in [6.45, 7) is 4.96. The van der Waals surface area contributed by atoms with Gasteiger partial charge in [0.1, 0.15) is 0 Å². The Hall–Kier alpha value is -1.14. The third-order valence-corrected chi connectivity index (χ3v) is 7.62. The number of hydrogen-bond donors (Lipinski definition) is 0. The highest BCUT2D eigenvalue weighted by Crippen LogP contribution is 2.39.